The first kappa shape index (κ1) is 25.7. The van der Waals surface area contributed by atoms with Crippen molar-refractivity contribution in [1.82, 2.24) is 10.6 Å². The number of methoxy groups -OCH3 is 1. The highest BCUT2D eigenvalue weighted by Crippen LogP contribution is 2.44. The topological polar surface area (TPSA) is 131 Å². The van der Waals surface area contributed by atoms with Gasteiger partial charge in [0.25, 0.3) is 0 Å². The Bertz CT molecular complexity index is 1080. The van der Waals surface area contributed by atoms with Crippen molar-refractivity contribution in [3.63, 3.8) is 0 Å². The Balaban J connectivity index is 1.69. The first-order chi connectivity index (χ1) is 16.5. The van der Waals surface area contributed by atoms with Gasteiger partial charge in [0.15, 0.2) is 0 Å². The number of ether oxygens (including phenoxy) is 2. The molecular formula is C26H30N2O7. The molecular weight excluding hydrogens is 452 g/mol. The molecule has 35 heavy (non-hydrogen) atoms. The van der Waals surface area contributed by atoms with Crippen LogP contribution in [0.25, 0.3) is 11.1 Å². The number of esters is 1. The summed E-state index contributed by atoms with van der Waals surface area (Å²) in [5, 5.41) is 14.2. The van der Waals surface area contributed by atoms with Gasteiger partial charge in [-0.2, -0.15) is 0 Å². The fraction of sp³-hybridized carbons (Fsp3) is 0.385. The van der Waals surface area contributed by atoms with E-state index in [2.05, 4.69) is 15.4 Å². The molecule has 1 aliphatic rings. The van der Waals surface area contributed by atoms with Crippen LogP contribution < -0.4 is 10.6 Å². The summed E-state index contributed by atoms with van der Waals surface area (Å²) in [6.07, 6.45) is -1.35. The summed E-state index contributed by atoms with van der Waals surface area (Å²) in [5.41, 5.74) is 3.52. The van der Waals surface area contributed by atoms with Crippen molar-refractivity contribution >= 4 is 23.9 Å². The summed E-state index contributed by atoms with van der Waals surface area (Å²) in [6, 6.07) is 13.2. The van der Waals surface area contributed by atoms with Crippen LogP contribution in [0, 0.1) is 5.41 Å². The molecule has 0 aromatic heterocycles. The van der Waals surface area contributed by atoms with Gasteiger partial charge in [0.2, 0.25) is 5.91 Å². The quantitative estimate of drug-likeness (QED) is 0.493. The number of carbonyl (C=O) groups excluding carboxylic acids is 3. The highest BCUT2D eigenvalue weighted by Gasteiger charge is 2.36. The second kappa shape index (κ2) is 10.6. The monoisotopic (exact) mass is 482 g/mol. The Morgan fingerprint density at radius 2 is 1.49 bits per heavy atom. The SMILES string of the molecule is COC(=O)C[C@H](NC(=O)[C@@H](NC(=O)OCC1c2ccccc2-c2ccccc21)C(C)(C)C)C(=O)O. The number of hydrogen-bond acceptors (Lipinski definition) is 6. The number of nitrogens with one attached hydrogen (secondary N) is 2. The van der Waals surface area contributed by atoms with E-state index in [1.54, 1.807) is 20.8 Å². The summed E-state index contributed by atoms with van der Waals surface area (Å²) in [5.74, 6) is -3.07. The zero-order chi connectivity index (χ0) is 25.8. The van der Waals surface area contributed by atoms with E-state index >= 15 is 0 Å². The van der Waals surface area contributed by atoms with Crippen LogP contribution in [0.15, 0.2) is 48.5 Å². The Morgan fingerprint density at radius 1 is 0.943 bits per heavy atom. The minimum Gasteiger partial charge on any atom is -0.480 e. The van der Waals surface area contributed by atoms with Crippen LogP contribution in [0.2, 0.25) is 0 Å². The van der Waals surface area contributed by atoms with E-state index in [1.165, 1.54) is 0 Å². The normalized spacial score (nSPS) is 14.2. The van der Waals surface area contributed by atoms with Crippen LogP contribution in [0.1, 0.15) is 44.2 Å². The van der Waals surface area contributed by atoms with E-state index in [9.17, 15) is 24.3 Å². The molecule has 0 spiro atoms. The number of carbonyl (C=O) groups is 4. The lowest BCUT2D eigenvalue weighted by Gasteiger charge is -2.31. The van der Waals surface area contributed by atoms with Crippen LogP contribution >= 0.6 is 0 Å². The Hall–Kier alpha value is -3.88. The molecule has 3 N–H and O–H groups in total. The average Bonchev–Trinajstić information content (AvgIpc) is 3.13. The zero-order valence-corrected chi connectivity index (χ0v) is 20.2. The van der Waals surface area contributed by atoms with Crippen molar-refractivity contribution in [3.05, 3.63) is 59.7 Å². The third-order valence-corrected chi connectivity index (χ3v) is 5.95. The molecule has 2 aromatic rings. The molecule has 0 radical (unpaired) electrons. The van der Waals surface area contributed by atoms with Crippen LogP contribution in [0.5, 0.6) is 0 Å². The van der Waals surface area contributed by atoms with Gasteiger partial charge in [-0.3, -0.25) is 9.59 Å². The van der Waals surface area contributed by atoms with E-state index in [4.69, 9.17) is 4.74 Å². The molecule has 2 amide bonds. The summed E-state index contributed by atoms with van der Waals surface area (Å²) in [4.78, 5) is 48.6. The molecule has 1 aliphatic carbocycles. The maximum absolute atomic E-state index is 12.9. The molecule has 0 saturated carbocycles. The third kappa shape index (κ3) is 5.98. The van der Waals surface area contributed by atoms with Crippen molar-refractivity contribution in [2.75, 3.05) is 13.7 Å². The molecule has 0 heterocycles. The molecule has 2 aromatic carbocycles. The standard InChI is InChI=1S/C26H30N2O7/c1-26(2,3)22(23(30)27-20(24(31)32)13-21(29)34-4)28-25(33)35-14-19-17-11-7-5-9-15(17)16-10-6-8-12-18(16)19/h5-12,19-20,22H,13-14H2,1-4H3,(H,27,30)(H,28,33)(H,31,32)/t20-,22+/m0/s1. The van der Waals surface area contributed by atoms with Crippen molar-refractivity contribution < 1.29 is 33.8 Å². The second-order valence-corrected chi connectivity index (χ2v) is 9.45. The molecule has 0 bridgehead atoms. The smallest absolute Gasteiger partial charge is 0.407 e. The fourth-order valence-electron chi connectivity index (χ4n) is 4.14. The lowest BCUT2D eigenvalue weighted by atomic mass is 9.86. The number of carboxylic acid groups (broad SMARTS) is 1. The molecule has 3 rings (SSSR count). The van der Waals surface area contributed by atoms with Gasteiger partial charge in [-0.25, -0.2) is 9.59 Å². The second-order valence-electron chi connectivity index (χ2n) is 9.45. The number of aliphatic carboxylic acids is 1. The molecule has 9 heteroatoms. The number of rotatable bonds is 8. The highest BCUT2D eigenvalue weighted by atomic mass is 16.5. The molecule has 0 unspecified atom stereocenters. The van der Waals surface area contributed by atoms with Crippen LogP contribution in [-0.4, -0.2) is 54.8 Å². The number of alkyl carbamates (subject to hydrolysis) is 1. The Labute approximate surface area is 203 Å². The number of amides is 2. The molecule has 9 nitrogen and oxygen atoms in total. The Morgan fingerprint density at radius 3 is 1.97 bits per heavy atom. The van der Waals surface area contributed by atoms with E-state index in [0.717, 1.165) is 29.4 Å². The summed E-state index contributed by atoms with van der Waals surface area (Å²) in [7, 11) is 1.12. The first-order valence-electron chi connectivity index (χ1n) is 11.2. The van der Waals surface area contributed by atoms with Gasteiger partial charge in [-0.1, -0.05) is 69.3 Å². The summed E-state index contributed by atoms with van der Waals surface area (Å²) >= 11 is 0. The van der Waals surface area contributed by atoms with Gasteiger partial charge >= 0.3 is 18.0 Å². The van der Waals surface area contributed by atoms with Gasteiger partial charge in [-0.15, -0.1) is 0 Å². The van der Waals surface area contributed by atoms with Crippen LogP contribution in [0.4, 0.5) is 4.79 Å². The maximum atomic E-state index is 12.9. The van der Waals surface area contributed by atoms with Gasteiger partial charge in [0.05, 0.1) is 13.5 Å². The van der Waals surface area contributed by atoms with E-state index in [0.29, 0.717) is 0 Å². The van der Waals surface area contributed by atoms with Crippen molar-refractivity contribution in [2.24, 2.45) is 5.41 Å². The molecule has 0 aliphatic heterocycles. The van der Waals surface area contributed by atoms with E-state index in [-0.39, 0.29) is 12.5 Å². The lowest BCUT2D eigenvalue weighted by molar-refractivity contribution is -0.149. The minimum absolute atomic E-state index is 0.0679. The number of hydrogen-bond donors (Lipinski definition) is 3. The molecule has 0 saturated heterocycles. The lowest BCUT2D eigenvalue weighted by Crippen LogP contribution is -2.57. The largest absolute Gasteiger partial charge is 0.480 e. The van der Waals surface area contributed by atoms with Crippen LogP contribution in [0.3, 0.4) is 0 Å². The zero-order valence-electron chi connectivity index (χ0n) is 20.2. The van der Waals surface area contributed by atoms with Gasteiger partial charge < -0.3 is 25.2 Å². The summed E-state index contributed by atoms with van der Waals surface area (Å²) in [6.45, 7) is 5.23. The first-order valence-corrected chi connectivity index (χ1v) is 11.2. The van der Waals surface area contributed by atoms with E-state index in [1.807, 2.05) is 48.5 Å². The van der Waals surface area contributed by atoms with Gasteiger partial charge in [0, 0.05) is 5.92 Å². The number of fused-ring (bicyclic) bond motifs is 3. The molecule has 186 valence electrons. The highest BCUT2D eigenvalue weighted by molar-refractivity contribution is 5.91. The molecule has 2 atom stereocenters. The Kier molecular flexibility index (Phi) is 7.78. The van der Waals surface area contributed by atoms with Gasteiger partial charge in [-0.05, 0) is 27.7 Å². The van der Waals surface area contributed by atoms with E-state index < -0.39 is 47.9 Å². The van der Waals surface area contributed by atoms with Crippen molar-refractivity contribution in [1.29, 1.82) is 0 Å². The predicted molar refractivity (Wildman–Crippen MR) is 128 cm³/mol. The van der Waals surface area contributed by atoms with Crippen molar-refractivity contribution in [2.45, 2.75) is 45.2 Å². The maximum Gasteiger partial charge on any atom is 0.407 e. The van der Waals surface area contributed by atoms with Crippen molar-refractivity contribution in [3.8, 4) is 11.1 Å². The van der Waals surface area contributed by atoms with Crippen LogP contribution in [-0.2, 0) is 23.9 Å². The summed E-state index contributed by atoms with van der Waals surface area (Å²) < 4.78 is 10.0. The average molecular weight is 483 g/mol. The molecule has 0 fully saturated rings. The number of benzene rings is 2. The minimum atomic E-state index is -1.50. The fourth-order valence-corrected chi connectivity index (χ4v) is 4.14. The predicted octanol–water partition coefficient (Wildman–Crippen LogP) is 3.07. The number of carboxylic acids is 1. The van der Waals surface area contributed by atoms with Gasteiger partial charge in [0.1, 0.15) is 18.7 Å². The third-order valence-electron chi connectivity index (χ3n) is 5.95.